The van der Waals surface area contributed by atoms with Gasteiger partial charge >= 0.3 is 0 Å². The van der Waals surface area contributed by atoms with E-state index in [4.69, 9.17) is 5.73 Å². The van der Waals surface area contributed by atoms with Gasteiger partial charge in [0.15, 0.2) is 5.13 Å². The monoisotopic (exact) mass is 385 g/mol. The largest absolute Gasteiger partial charge is 0.398 e. The van der Waals surface area contributed by atoms with Crippen molar-refractivity contribution in [2.75, 3.05) is 17.2 Å². The van der Waals surface area contributed by atoms with Crippen molar-refractivity contribution >= 4 is 55.8 Å². The molecule has 0 saturated heterocycles. The summed E-state index contributed by atoms with van der Waals surface area (Å²) in [6, 6.07) is 5.81. The Morgan fingerprint density at radius 3 is 2.95 bits per heavy atom. The number of hydrogen-bond acceptors (Lipinski definition) is 5. The van der Waals surface area contributed by atoms with Crippen molar-refractivity contribution in [3.63, 3.8) is 0 Å². The summed E-state index contributed by atoms with van der Waals surface area (Å²) in [6.07, 6.45) is 0. The van der Waals surface area contributed by atoms with Crippen LogP contribution in [0.5, 0.6) is 0 Å². The molecular weight excluding hydrogens is 370 g/mol. The Hall–Kier alpha value is -1.05. The van der Waals surface area contributed by atoms with Gasteiger partial charge < -0.3 is 5.73 Å². The summed E-state index contributed by atoms with van der Waals surface area (Å²) in [5, 5.41) is 2.74. The van der Waals surface area contributed by atoms with Crippen molar-refractivity contribution in [3.05, 3.63) is 33.7 Å². The van der Waals surface area contributed by atoms with E-state index in [1.807, 2.05) is 30.5 Å². The second kappa shape index (κ2) is 7.29. The topological polar surface area (TPSA) is 59.2 Å². The van der Waals surface area contributed by atoms with Gasteiger partial charge in [0.2, 0.25) is 5.91 Å². The number of nitrogens with zero attached hydrogens (tertiary/aromatic N) is 2. The van der Waals surface area contributed by atoms with Crippen LogP contribution in [0.25, 0.3) is 0 Å². The van der Waals surface area contributed by atoms with Gasteiger partial charge in [0.25, 0.3) is 0 Å². The number of aromatic nitrogens is 1. The number of nitrogens with two attached hydrogens (primary N) is 1. The molecule has 0 aliphatic carbocycles. The number of hydrogen-bond donors (Lipinski definition) is 1. The van der Waals surface area contributed by atoms with Crippen LogP contribution >= 0.6 is 39.0 Å². The van der Waals surface area contributed by atoms with Crippen molar-refractivity contribution in [1.82, 2.24) is 4.98 Å². The first-order valence-corrected chi connectivity index (χ1v) is 9.07. The Morgan fingerprint density at radius 1 is 1.52 bits per heavy atom. The maximum Gasteiger partial charge on any atom is 0.225 e. The number of carbonyl (C=O) groups is 1. The van der Waals surface area contributed by atoms with Crippen LogP contribution in [0.3, 0.4) is 0 Å². The van der Waals surface area contributed by atoms with E-state index < -0.39 is 0 Å². The fourth-order valence-corrected chi connectivity index (χ4v) is 4.21. The molecule has 2 N–H and O–H groups in total. The predicted molar refractivity (Wildman–Crippen MR) is 93.9 cm³/mol. The van der Waals surface area contributed by atoms with Crippen LogP contribution in [-0.4, -0.2) is 17.4 Å². The standard InChI is InChI=1S/C14H16BrN3OS2/c1-3-18(9(2)19)14-17-11(8-21-14)7-20-13-6-10(15)4-5-12(13)16/h4-6,8H,3,7,16H2,1-2H3. The minimum absolute atomic E-state index is 0.0160. The van der Waals surface area contributed by atoms with Crippen molar-refractivity contribution in [3.8, 4) is 0 Å². The van der Waals surface area contributed by atoms with E-state index in [2.05, 4.69) is 20.9 Å². The van der Waals surface area contributed by atoms with E-state index in [1.54, 1.807) is 23.6 Å². The van der Waals surface area contributed by atoms with Gasteiger partial charge in [0.1, 0.15) is 0 Å². The van der Waals surface area contributed by atoms with Crippen molar-refractivity contribution in [2.24, 2.45) is 0 Å². The molecule has 4 nitrogen and oxygen atoms in total. The second-order valence-corrected chi connectivity index (χ2v) is 7.12. The van der Waals surface area contributed by atoms with Gasteiger partial charge in [-0.05, 0) is 25.1 Å². The van der Waals surface area contributed by atoms with Gasteiger partial charge in [-0.3, -0.25) is 9.69 Å². The van der Waals surface area contributed by atoms with E-state index in [0.717, 1.165) is 31.6 Å². The van der Waals surface area contributed by atoms with Crippen LogP contribution in [0.2, 0.25) is 0 Å². The Labute approximate surface area is 140 Å². The molecule has 1 heterocycles. The van der Waals surface area contributed by atoms with Gasteiger partial charge in [0, 0.05) is 39.7 Å². The minimum Gasteiger partial charge on any atom is -0.398 e. The number of thioether (sulfide) groups is 1. The number of benzene rings is 1. The molecule has 0 radical (unpaired) electrons. The molecule has 1 amide bonds. The summed E-state index contributed by atoms with van der Waals surface area (Å²) in [4.78, 5) is 18.7. The predicted octanol–water partition coefficient (Wildman–Crippen LogP) is 4.15. The molecule has 0 fully saturated rings. The number of rotatable bonds is 5. The molecule has 0 aliphatic heterocycles. The lowest BCUT2D eigenvalue weighted by Crippen LogP contribution is -2.27. The van der Waals surface area contributed by atoms with Crippen molar-refractivity contribution < 1.29 is 4.79 Å². The first-order valence-electron chi connectivity index (χ1n) is 6.41. The minimum atomic E-state index is 0.0160. The molecule has 0 unspecified atom stereocenters. The zero-order chi connectivity index (χ0) is 15.4. The summed E-state index contributed by atoms with van der Waals surface area (Å²) in [6.45, 7) is 4.13. The van der Waals surface area contributed by atoms with E-state index in [0.29, 0.717) is 6.54 Å². The molecule has 2 rings (SSSR count). The van der Waals surface area contributed by atoms with Crippen LogP contribution < -0.4 is 10.6 Å². The number of amides is 1. The number of carbonyl (C=O) groups excluding carboxylic acids is 1. The van der Waals surface area contributed by atoms with Crippen molar-refractivity contribution in [1.29, 1.82) is 0 Å². The molecule has 1 aromatic heterocycles. The van der Waals surface area contributed by atoms with E-state index in [1.165, 1.54) is 11.3 Å². The Bertz CT molecular complexity index is 645. The number of nitrogen functional groups attached to an aromatic ring is 1. The highest BCUT2D eigenvalue weighted by atomic mass is 79.9. The third-order valence-electron chi connectivity index (χ3n) is 2.82. The van der Waals surface area contributed by atoms with Gasteiger partial charge in [-0.15, -0.1) is 23.1 Å². The number of anilines is 2. The van der Waals surface area contributed by atoms with Crippen molar-refractivity contribution in [2.45, 2.75) is 24.5 Å². The zero-order valence-corrected chi connectivity index (χ0v) is 15.0. The third-order valence-corrected chi connectivity index (χ3v) is 5.33. The quantitative estimate of drug-likeness (QED) is 0.620. The summed E-state index contributed by atoms with van der Waals surface area (Å²) < 4.78 is 1.01. The van der Waals surface area contributed by atoms with Gasteiger partial charge in [-0.2, -0.15) is 0 Å². The molecule has 0 saturated carbocycles. The van der Waals surface area contributed by atoms with Gasteiger partial charge in [0.05, 0.1) is 5.69 Å². The number of thiazole rings is 1. The first-order chi connectivity index (χ1) is 10.0. The van der Waals surface area contributed by atoms with Crippen LogP contribution in [0.1, 0.15) is 19.5 Å². The number of halogens is 1. The fraction of sp³-hybridized carbons (Fsp3) is 0.286. The molecule has 21 heavy (non-hydrogen) atoms. The molecule has 0 spiro atoms. The SMILES string of the molecule is CCN(C(C)=O)c1nc(CSc2cc(Br)ccc2N)cs1. The molecule has 0 aliphatic rings. The Kier molecular flexibility index (Phi) is 5.66. The van der Waals surface area contributed by atoms with E-state index >= 15 is 0 Å². The highest BCUT2D eigenvalue weighted by Crippen LogP contribution is 2.32. The average molecular weight is 386 g/mol. The van der Waals surface area contributed by atoms with E-state index in [-0.39, 0.29) is 5.91 Å². The second-order valence-electron chi connectivity index (χ2n) is 4.36. The molecule has 2 aromatic rings. The molecule has 1 aromatic carbocycles. The molecule has 0 atom stereocenters. The highest BCUT2D eigenvalue weighted by Gasteiger charge is 2.13. The highest BCUT2D eigenvalue weighted by molar-refractivity contribution is 9.10. The lowest BCUT2D eigenvalue weighted by atomic mass is 10.3. The first kappa shape index (κ1) is 16.3. The summed E-state index contributed by atoms with van der Waals surface area (Å²) in [7, 11) is 0. The average Bonchev–Trinajstić information content (AvgIpc) is 2.89. The molecular formula is C14H16BrN3OS2. The van der Waals surface area contributed by atoms with E-state index in [9.17, 15) is 4.79 Å². The normalized spacial score (nSPS) is 10.6. The Morgan fingerprint density at radius 2 is 2.29 bits per heavy atom. The van der Waals surface area contributed by atoms with Crippen LogP contribution in [0.4, 0.5) is 10.8 Å². The summed E-state index contributed by atoms with van der Waals surface area (Å²) in [5.41, 5.74) is 7.68. The Balaban J connectivity index is 2.06. The third kappa shape index (κ3) is 4.21. The molecule has 112 valence electrons. The summed E-state index contributed by atoms with van der Waals surface area (Å²) in [5.74, 6) is 0.745. The van der Waals surface area contributed by atoms with Gasteiger partial charge in [-0.1, -0.05) is 15.9 Å². The maximum absolute atomic E-state index is 11.5. The van der Waals surface area contributed by atoms with Crippen LogP contribution in [-0.2, 0) is 10.5 Å². The van der Waals surface area contributed by atoms with Crippen LogP contribution in [0.15, 0.2) is 32.9 Å². The molecule has 0 bridgehead atoms. The maximum atomic E-state index is 11.5. The smallest absolute Gasteiger partial charge is 0.225 e. The van der Waals surface area contributed by atoms with Gasteiger partial charge in [-0.25, -0.2) is 4.98 Å². The zero-order valence-electron chi connectivity index (χ0n) is 11.8. The molecule has 7 heteroatoms. The lowest BCUT2D eigenvalue weighted by Gasteiger charge is -2.14. The lowest BCUT2D eigenvalue weighted by molar-refractivity contribution is -0.116. The summed E-state index contributed by atoms with van der Waals surface area (Å²) >= 11 is 6.58. The fourth-order valence-electron chi connectivity index (χ4n) is 1.76. The van der Waals surface area contributed by atoms with Crippen LogP contribution in [0, 0.1) is 0 Å².